The average molecular weight is 225 g/mol. The maximum atomic E-state index is 10.9. The van der Waals surface area contributed by atoms with Crippen molar-refractivity contribution in [2.75, 3.05) is 12.8 Å². The van der Waals surface area contributed by atoms with Crippen LogP contribution in [0.5, 0.6) is 5.75 Å². The third kappa shape index (κ3) is 1.37. The Bertz CT molecular complexity index is 537. The number of nitrogen functional groups attached to an aromatic ring is 1. The van der Waals surface area contributed by atoms with Crippen molar-refractivity contribution in [2.24, 2.45) is 0 Å². The number of nitrogens with two attached hydrogens (primary N) is 1. The lowest BCUT2D eigenvalue weighted by molar-refractivity contribution is -0.383. The molecule has 0 aliphatic carbocycles. The Hall–Kier alpha value is -1.89. The molecule has 0 radical (unpaired) electrons. The topological polar surface area (TPSA) is 91.3 Å². The van der Waals surface area contributed by atoms with E-state index in [4.69, 9.17) is 10.5 Å². The number of rotatable bonds is 2. The highest BCUT2D eigenvalue weighted by Gasteiger charge is 2.23. The fraction of sp³-hybridized carbons (Fsp3) is 0.125. The molecule has 78 valence electrons. The number of thiazole rings is 1. The maximum Gasteiger partial charge on any atom is 0.330 e. The summed E-state index contributed by atoms with van der Waals surface area (Å²) in [6.07, 6.45) is 0. The van der Waals surface area contributed by atoms with Gasteiger partial charge in [-0.15, -0.1) is 11.3 Å². The Morgan fingerprint density at radius 1 is 1.67 bits per heavy atom. The molecule has 2 rings (SSSR count). The van der Waals surface area contributed by atoms with E-state index >= 15 is 0 Å². The van der Waals surface area contributed by atoms with E-state index in [1.807, 2.05) is 0 Å². The molecule has 0 fully saturated rings. The molecule has 6 nitrogen and oxygen atoms in total. The number of anilines is 1. The number of nitrogens with zero attached hydrogens (tertiary/aromatic N) is 2. The van der Waals surface area contributed by atoms with E-state index < -0.39 is 4.92 Å². The van der Waals surface area contributed by atoms with Gasteiger partial charge in [-0.25, -0.2) is 4.98 Å². The van der Waals surface area contributed by atoms with Gasteiger partial charge < -0.3 is 10.5 Å². The maximum absolute atomic E-state index is 10.9. The molecular weight excluding hydrogens is 218 g/mol. The van der Waals surface area contributed by atoms with E-state index in [0.29, 0.717) is 15.9 Å². The van der Waals surface area contributed by atoms with Gasteiger partial charge in [-0.2, -0.15) is 0 Å². The van der Waals surface area contributed by atoms with Crippen LogP contribution >= 0.6 is 11.3 Å². The smallest absolute Gasteiger partial charge is 0.330 e. The van der Waals surface area contributed by atoms with Crippen LogP contribution in [-0.2, 0) is 0 Å². The molecule has 0 amide bonds. The highest BCUT2D eigenvalue weighted by Crippen LogP contribution is 2.40. The van der Waals surface area contributed by atoms with Crippen molar-refractivity contribution < 1.29 is 9.66 Å². The number of ether oxygens (including phenoxy) is 1. The molecule has 0 saturated heterocycles. The molecule has 1 heterocycles. The number of hydrogen-bond acceptors (Lipinski definition) is 6. The zero-order chi connectivity index (χ0) is 11.0. The Kier molecular flexibility index (Phi) is 2.16. The summed E-state index contributed by atoms with van der Waals surface area (Å²) in [7, 11) is 1.37. The van der Waals surface area contributed by atoms with Gasteiger partial charge in [0.05, 0.1) is 23.2 Å². The van der Waals surface area contributed by atoms with Crippen molar-refractivity contribution in [3.8, 4) is 5.75 Å². The molecule has 0 unspecified atom stereocenters. The summed E-state index contributed by atoms with van der Waals surface area (Å²) in [6, 6.07) is 1.42. The normalized spacial score (nSPS) is 10.5. The van der Waals surface area contributed by atoms with Crippen molar-refractivity contribution in [1.82, 2.24) is 4.98 Å². The van der Waals surface area contributed by atoms with Crippen LogP contribution in [0, 0.1) is 10.1 Å². The molecule has 7 heteroatoms. The summed E-state index contributed by atoms with van der Waals surface area (Å²) in [4.78, 5) is 14.4. The average Bonchev–Trinajstić information content (AvgIpc) is 2.65. The van der Waals surface area contributed by atoms with Crippen LogP contribution in [0.15, 0.2) is 11.6 Å². The molecule has 0 atom stereocenters. The number of aromatic nitrogens is 1. The Morgan fingerprint density at radius 3 is 3.00 bits per heavy atom. The second kappa shape index (κ2) is 3.35. The molecule has 2 aromatic rings. The third-order valence-corrected chi connectivity index (χ3v) is 2.81. The summed E-state index contributed by atoms with van der Waals surface area (Å²) in [5.41, 5.74) is 7.96. The predicted molar refractivity (Wildman–Crippen MR) is 57.2 cm³/mol. The molecule has 1 aromatic carbocycles. The van der Waals surface area contributed by atoms with Gasteiger partial charge in [0, 0.05) is 6.07 Å². The van der Waals surface area contributed by atoms with Crippen LogP contribution in [-0.4, -0.2) is 17.0 Å². The second-order valence-corrected chi connectivity index (χ2v) is 3.66. The van der Waals surface area contributed by atoms with Gasteiger partial charge in [-0.05, 0) is 0 Å². The molecule has 0 aliphatic heterocycles. The van der Waals surface area contributed by atoms with Gasteiger partial charge in [-0.3, -0.25) is 10.1 Å². The highest BCUT2D eigenvalue weighted by atomic mass is 32.1. The number of hydrogen-bond donors (Lipinski definition) is 1. The molecule has 1 aromatic heterocycles. The first-order valence-electron chi connectivity index (χ1n) is 3.99. The van der Waals surface area contributed by atoms with E-state index in [1.54, 1.807) is 0 Å². The summed E-state index contributed by atoms with van der Waals surface area (Å²) in [5.74, 6) is 0.161. The van der Waals surface area contributed by atoms with Crippen LogP contribution in [0.4, 0.5) is 11.4 Å². The van der Waals surface area contributed by atoms with E-state index in [9.17, 15) is 10.1 Å². The van der Waals surface area contributed by atoms with E-state index in [1.165, 1.54) is 30.0 Å². The fourth-order valence-corrected chi connectivity index (χ4v) is 2.17. The number of nitro groups is 1. The van der Waals surface area contributed by atoms with Gasteiger partial charge in [0.25, 0.3) is 0 Å². The molecule has 0 bridgehead atoms. The van der Waals surface area contributed by atoms with Crippen LogP contribution in [0.3, 0.4) is 0 Å². The summed E-state index contributed by atoms with van der Waals surface area (Å²) in [5, 5.41) is 10.9. The minimum Gasteiger partial charge on any atom is -0.490 e. The minimum atomic E-state index is -0.487. The summed E-state index contributed by atoms with van der Waals surface area (Å²) in [6.45, 7) is 0. The van der Waals surface area contributed by atoms with Crippen molar-refractivity contribution in [3.05, 3.63) is 21.7 Å². The molecule has 0 saturated carbocycles. The van der Waals surface area contributed by atoms with Crippen LogP contribution in [0.2, 0.25) is 0 Å². The first-order chi connectivity index (χ1) is 7.15. The minimum absolute atomic E-state index is 0.0794. The standard InChI is InChI=1S/C8H7N3O3S/c1-14-5-2-4(9)6-8(15-3-10-6)7(5)11(12)13/h2-3H,9H2,1H3. The van der Waals surface area contributed by atoms with Crippen molar-refractivity contribution in [3.63, 3.8) is 0 Å². The number of methoxy groups -OCH3 is 1. The molecule has 15 heavy (non-hydrogen) atoms. The van der Waals surface area contributed by atoms with Crippen molar-refractivity contribution in [2.45, 2.75) is 0 Å². The van der Waals surface area contributed by atoms with E-state index in [2.05, 4.69) is 4.98 Å². The number of nitro benzene ring substituents is 1. The highest BCUT2D eigenvalue weighted by molar-refractivity contribution is 7.17. The zero-order valence-electron chi connectivity index (χ0n) is 7.76. The monoisotopic (exact) mass is 225 g/mol. The van der Waals surface area contributed by atoms with Crippen molar-refractivity contribution in [1.29, 1.82) is 0 Å². The predicted octanol–water partition coefficient (Wildman–Crippen LogP) is 1.80. The largest absolute Gasteiger partial charge is 0.490 e. The lowest BCUT2D eigenvalue weighted by atomic mass is 10.2. The lowest BCUT2D eigenvalue weighted by Gasteiger charge is -2.03. The first-order valence-corrected chi connectivity index (χ1v) is 4.87. The summed E-state index contributed by atoms with van der Waals surface area (Å²) < 4.78 is 5.36. The van der Waals surface area contributed by atoms with Gasteiger partial charge in [0.1, 0.15) is 10.2 Å². The number of fused-ring (bicyclic) bond motifs is 1. The first kappa shape index (κ1) is 9.66. The number of benzene rings is 1. The van der Waals surface area contributed by atoms with Gasteiger partial charge in [0.15, 0.2) is 0 Å². The van der Waals surface area contributed by atoms with Crippen LogP contribution in [0.25, 0.3) is 10.2 Å². The SMILES string of the molecule is COc1cc(N)c2ncsc2c1[N+](=O)[O-]. The molecule has 0 spiro atoms. The van der Waals surface area contributed by atoms with Crippen LogP contribution < -0.4 is 10.5 Å². The Morgan fingerprint density at radius 2 is 2.40 bits per heavy atom. The Balaban J connectivity index is 2.89. The van der Waals surface area contributed by atoms with Gasteiger partial charge >= 0.3 is 5.69 Å². The van der Waals surface area contributed by atoms with Gasteiger partial charge in [0.2, 0.25) is 5.75 Å². The molecular formula is C8H7N3O3S. The van der Waals surface area contributed by atoms with Crippen molar-refractivity contribution >= 4 is 32.9 Å². The Labute approximate surface area is 88.4 Å². The third-order valence-electron chi connectivity index (χ3n) is 1.98. The molecule has 2 N–H and O–H groups in total. The lowest BCUT2D eigenvalue weighted by Crippen LogP contribution is -1.96. The fourth-order valence-electron chi connectivity index (χ4n) is 1.34. The van der Waals surface area contributed by atoms with E-state index in [0.717, 1.165) is 0 Å². The van der Waals surface area contributed by atoms with E-state index in [-0.39, 0.29) is 11.4 Å². The second-order valence-electron chi connectivity index (χ2n) is 2.80. The summed E-state index contributed by atoms with van der Waals surface area (Å²) >= 11 is 1.17. The quantitative estimate of drug-likeness (QED) is 0.478. The van der Waals surface area contributed by atoms with Crippen LogP contribution in [0.1, 0.15) is 0 Å². The zero-order valence-corrected chi connectivity index (χ0v) is 8.58. The molecule has 0 aliphatic rings. The van der Waals surface area contributed by atoms with Gasteiger partial charge in [-0.1, -0.05) is 0 Å².